The number of hydrogen-bond acceptors (Lipinski definition) is 2. The van der Waals surface area contributed by atoms with Crippen molar-refractivity contribution in [1.82, 2.24) is 10.2 Å². The molecule has 1 aliphatic carbocycles. The highest BCUT2D eigenvalue weighted by atomic mass is 15.2. The SMILES string of the molecule is CC(C)N1CCC(CNCC2CCCCCC2)C1. The van der Waals surface area contributed by atoms with Crippen LogP contribution in [0.15, 0.2) is 0 Å². The molecule has 1 saturated heterocycles. The van der Waals surface area contributed by atoms with E-state index < -0.39 is 0 Å². The van der Waals surface area contributed by atoms with Gasteiger partial charge in [-0.1, -0.05) is 25.7 Å². The molecule has 2 rings (SSSR count). The van der Waals surface area contributed by atoms with Crippen LogP contribution < -0.4 is 5.32 Å². The number of likely N-dealkylation sites (tertiary alicyclic amines) is 1. The fraction of sp³-hybridized carbons (Fsp3) is 1.00. The largest absolute Gasteiger partial charge is 0.316 e. The molecule has 1 aliphatic heterocycles. The first-order valence-electron chi connectivity index (χ1n) is 8.20. The third kappa shape index (κ3) is 4.55. The van der Waals surface area contributed by atoms with Crippen LogP contribution in [0.5, 0.6) is 0 Å². The fourth-order valence-corrected chi connectivity index (χ4v) is 3.56. The average Bonchev–Trinajstić information content (AvgIpc) is 2.67. The third-order valence-corrected chi connectivity index (χ3v) is 4.89. The highest BCUT2D eigenvalue weighted by Crippen LogP contribution is 2.22. The van der Waals surface area contributed by atoms with Crippen LogP contribution in [-0.2, 0) is 0 Å². The third-order valence-electron chi connectivity index (χ3n) is 4.89. The second-order valence-corrected chi connectivity index (χ2v) is 6.76. The van der Waals surface area contributed by atoms with Crippen molar-refractivity contribution in [3.05, 3.63) is 0 Å². The molecule has 1 heterocycles. The van der Waals surface area contributed by atoms with E-state index in [1.807, 2.05) is 0 Å². The van der Waals surface area contributed by atoms with Gasteiger partial charge in [0.25, 0.3) is 0 Å². The lowest BCUT2D eigenvalue weighted by Crippen LogP contribution is -2.32. The second kappa shape index (κ2) is 7.49. The van der Waals surface area contributed by atoms with E-state index in [0.717, 1.165) is 17.9 Å². The van der Waals surface area contributed by atoms with Crippen LogP contribution in [0, 0.1) is 11.8 Å². The monoisotopic (exact) mass is 252 g/mol. The highest BCUT2D eigenvalue weighted by Gasteiger charge is 2.23. The first kappa shape index (κ1) is 14.3. The fourth-order valence-electron chi connectivity index (χ4n) is 3.56. The zero-order valence-electron chi connectivity index (χ0n) is 12.5. The van der Waals surface area contributed by atoms with Crippen molar-refractivity contribution >= 4 is 0 Å². The summed E-state index contributed by atoms with van der Waals surface area (Å²) in [4.78, 5) is 2.62. The van der Waals surface area contributed by atoms with Gasteiger partial charge in [0.15, 0.2) is 0 Å². The summed E-state index contributed by atoms with van der Waals surface area (Å²) < 4.78 is 0. The van der Waals surface area contributed by atoms with Crippen molar-refractivity contribution in [2.24, 2.45) is 11.8 Å². The predicted molar refractivity (Wildman–Crippen MR) is 78.9 cm³/mol. The van der Waals surface area contributed by atoms with E-state index >= 15 is 0 Å². The maximum absolute atomic E-state index is 3.76. The summed E-state index contributed by atoms with van der Waals surface area (Å²) in [6.07, 6.45) is 10.2. The van der Waals surface area contributed by atoms with Crippen LogP contribution in [0.1, 0.15) is 58.8 Å². The lowest BCUT2D eigenvalue weighted by Gasteiger charge is -2.21. The maximum atomic E-state index is 3.76. The molecular weight excluding hydrogens is 220 g/mol. The summed E-state index contributed by atoms with van der Waals surface area (Å²) in [7, 11) is 0. The molecule has 2 aliphatic rings. The number of hydrogen-bond donors (Lipinski definition) is 1. The van der Waals surface area contributed by atoms with Crippen molar-refractivity contribution in [1.29, 1.82) is 0 Å². The molecule has 106 valence electrons. The van der Waals surface area contributed by atoms with Crippen molar-refractivity contribution in [2.45, 2.75) is 64.8 Å². The van der Waals surface area contributed by atoms with Gasteiger partial charge in [-0.2, -0.15) is 0 Å². The predicted octanol–water partition coefficient (Wildman–Crippen LogP) is 3.28. The number of rotatable bonds is 5. The molecule has 2 nitrogen and oxygen atoms in total. The van der Waals surface area contributed by atoms with Gasteiger partial charge in [-0.05, 0) is 64.6 Å². The summed E-state index contributed by atoms with van der Waals surface area (Å²) in [5, 5.41) is 3.76. The van der Waals surface area contributed by atoms with Gasteiger partial charge in [0.05, 0.1) is 0 Å². The Bertz CT molecular complexity index is 219. The van der Waals surface area contributed by atoms with E-state index in [1.165, 1.54) is 71.1 Å². The Kier molecular flexibility index (Phi) is 5.97. The van der Waals surface area contributed by atoms with Crippen LogP contribution >= 0.6 is 0 Å². The molecule has 1 N–H and O–H groups in total. The molecule has 0 spiro atoms. The smallest absolute Gasteiger partial charge is 0.00387 e. The quantitative estimate of drug-likeness (QED) is 0.755. The lowest BCUT2D eigenvalue weighted by atomic mass is 10.00. The molecule has 0 aromatic heterocycles. The van der Waals surface area contributed by atoms with Gasteiger partial charge in [-0.3, -0.25) is 0 Å². The molecule has 0 radical (unpaired) electrons. The van der Waals surface area contributed by atoms with E-state index in [4.69, 9.17) is 0 Å². The van der Waals surface area contributed by atoms with Crippen LogP contribution in [0.3, 0.4) is 0 Å². The topological polar surface area (TPSA) is 15.3 Å². The van der Waals surface area contributed by atoms with E-state index in [2.05, 4.69) is 24.1 Å². The zero-order valence-corrected chi connectivity index (χ0v) is 12.5. The van der Waals surface area contributed by atoms with Crippen LogP contribution in [-0.4, -0.2) is 37.1 Å². The standard InChI is InChI=1S/C16H32N2/c1-14(2)18-10-9-16(13-18)12-17-11-15-7-5-3-4-6-8-15/h14-17H,3-13H2,1-2H3. The van der Waals surface area contributed by atoms with Crippen molar-refractivity contribution < 1.29 is 0 Å². The van der Waals surface area contributed by atoms with E-state index in [-0.39, 0.29) is 0 Å². The van der Waals surface area contributed by atoms with Gasteiger partial charge in [0.1, 0.15) is 0 Å². The van der Waals surface area contributed by atoms with E-state index in [9.17, 15) is 0 Å². The van der Waals surface area contributed by atoms with Crippen LogP contribution in [0.2, 0.25) is 0 Å². The minimum Gasteiger partial charge on any atom is -0.316 e. The van der Waals surface area contributed by atoms with E-state index in [0.29, 0.717) is 0 Å². The molecule has 0 aromatic carbocycles. The molecule has 0 aromatic rings. The Morgan fingerprint density at radius 1 is 0.944 bits per heavy atom. The van der Waals surface area contributed by atoms with Gasteiger partial charge in [0, 0.05) is 12.6 Å². The first-order valence-corrected chi connectivity index (χ1v) is 8.20. The Morgan fingerprint density at radius 2 is 1.61 bits per heavy atom. The molecule has 0 bridgehead atoms. The Balaban J connectivity index is 1.58. The molecule has 18 heavy (non-hydrogen) atoms. The molecule has 1 unspecified atom stereocenters. The summed E-state index contributed by atoms with van der Waals surface area (Å²) in [6.45, 7) is 9.79. The number of nitrogens with one attached hydrogen (secondary N) is 1. The first-order chi connectivity index (χ1) is 8.75. The lowest BCUT2D eigenvalue weighted by molar-refractivity contribution is 0.263. The maximum Gasteiger partial charge on any atom is 0.00387 e. The summed E-state index contributed by atoms with van der Waals surface area (Å²) in [6, 6.07) is 0.733. The minimum atomic E-state index is 0.733. The minimum absolute atomic E-state index is 0.733. The summed E-state index contributed by atoms with van der Waals surface area (Å²) in [5.41, 5.74) is 0. The van der Waals surface area contributed by atoms with Gasteiger partial charge >= 0.3 is 0 Å². The van der Waals surface area contributed by atoms with E-state index in [1.54, 1.807) is 0 Å². The molecular formula is C16H32N2. The average molecular weight is 252 g/mol. The number of nitrogens with zero attached hydrogens (tertiary/aromatic N) is 1. The van der Waals surface area contributed by atoms with Gasteiger partial charge in [0.2, 0.25) is 0 Å². The molecule has 1 saturated carbocycles. The molecule has 0 amide bonds. The Labute approximate surface area is 114 Å². The van der Waals surface area contributed by atoms with Crippen LogP contribution in [0.25, 0.3) is 0 Å². The van der Waals surface area contributed by atoms with Gasteiger partial charge in [-0.25, -0.2) is 0 Å². The molecule has 2 fully saturated rings. The highest BCUT2D eigenvalue weighted by molar-refractivity contribution is 4.79. The van der Waals surface area contributed by atoms with Gasteiger partial charge < -0.3 is 10.2 Å². The Hall–Kier alpha value is -0.0800. The summed E-state index contributed by atoms with van der Waals surface area (Å²) in [5.74, 6) is 1.87. The second-order valence-electron chi connectivity index (χ2n) is 6.76. The summed E-state index contributed by atoms with van der Waals surface area (Å²) >= 11 is 0. The van der Waals surface area contributed by atoms with Crippen molar-refractivity contribution in [3.8, 4) is 0 Å². The Morgan fingerprint density at radius 3 is 2.22 bits per heavy atom. The molecule has 1 atom stereocenters. The molecule has 2 heteroatoms. The van der Waals surface area contributed by atoms with Crippen molar-refractivity contribution in [3.63, 3.8) is 0 Å². The van der Waals surface area contributed by atoms with Crippen molar-refractivity contribution in [2.75, 3.05) is 26.2 Å². The van der Waals surface area contributed by atoms with Gasteiger partial charge in [-0.15, -0.1) is 0 Å². The normalized spacial score (nSPS) is 27.8. The zero-order chi connectivity index (χ0) is 12.8. The van der Waals surface area contributed by atoms with Crippen LogP contribution in [0.4, 0.5) is 0 Å².